The van der Waals surface area contributed by atoms with Crippen molar-refractivity contribution in [3.05, 3.63) is 64.3 Å². The van der Waals surface area contributed by atoms with E-state index >= 15 is 0 Å². The zero-order valence-corrected chi connectivity index (χ0v) is 22.0. The molecule has 9 rings (SSSR count). The van der Waals surface area contributed by atoms with Crippen LogP contribution in [0.15, 0.2) is 30.5 Å². The molecule has 1 aromatic carbocycles. The summed E-state index contributed by atoms with van der Waals surface area (Å²) in [5, 5.41) is 9.76. The molecular formula is C28H24ClF5N6. The normalized spacial score (nSPS) is 33.1. The monoisotopic (exact) mass is 574 g/mol. The van der Waals surface area contributed by atoms with E-state index < -0.39 is 34.2 Å². The van der Waals surface area contributed by atoms with Gasteiger partial charge < -0.3 is 4.90 Å². The SMILES string of the molecule is Fc1cnc(N2CC3(CC(c4nnc5n4-c4ccc(Cl)cc4CN(C46CC7(C(F)(F)F)CC47C6)C5)C3)C2)c(F)c1. The molecule has 2 aliphatic heterocycles. The largest absolute Gasteiger partial charge is 0.395 e. The number of halogens is 6. The van der Waals surface area contributed by atoms with E-state index in [1.54, 1.807) is 0 Å². The summed E-state index contributed by atoms with van der Waals surface area (Å²) in [6, 6.07) is 6.55. The summed E-state index contributed by atoms with van der Waals surface area (Å²) in [6.07, 6.45) is -0.421. The molecule has 4 heterocycles. The summed E-state index contributed by atoms with van der Waals surface area (Å²) >= 11 is 6.39. The number of pyridine rings is 1. The average molecular weight is 575 g/mol. The van der Waals surface area contributed by atoms with Crippen LogP contribution in [0.1, 0.15) is 55.2 Å². The van der Waals surface area contributed by atoms with Crippen molar-refractivity contribution in [1.82, 2.24) is 24.6 Å². The molecule has 2 aromatic heterocycles. The highest BCUT2D eigenvalue weighted by atomic mass is 35.5. The molecule has 0 N–H and O–H groups in total. The van der Waals surface area contributed by atoms with Crippen LogP contribution in [0.4, 0.5) is 27.8 Å². The molecule has 0 amide bonds. The molecule has 208 valence electrons. The Morgan fingerprint density at radius 3 is 2.48 bits per heavy atom. The maximum atomic E-state index is 14.2. The molecule has 4 aliphatic carbocycles. The van der Waals surface area contributed by atoms with Gasteiger partial charge in [0, 0.05) is 53.0 Å². The summed E-state index contributed by atoms with van der Waals surface area (Å²) < 4.78 is 71.1. The molecule has 40 heavy (non-hydrogen) atoms. The van der Waals surface area contributed by atoms with Crippen molar-refractivity contribution in [1.29, 1.82) is 0 Å². The summed E-state index contributed by atoms with van der Waals surface area (Å²) in [5.74, 6) is 0.569. The third-order valence-corrected chi connectivity index (χ3v) is 11.3. The lowest BCUT2D eigenvalue weighted by Gasteiger charge is -2.59. The van der Waals surface area contributed by atoms with Crippen molar-refractivity contribution in [2.24, 2.45) is 16.2 Å². The lowest BCUT2D eigenvalue weighted by molar-refractivity contribution is -0.220. The molecule has 0 radical (unpaired) electrons. The number of rotatable bonds is 3. The third kappa shape index (κ3) is 2.71. The van der Waals surface area contributed by atoms with Crippen molar-refractivity contribution >= 4 is 17.4 Å². The molecule has 3 atom stereocenters. The van der Waals surface area contributed by atoms with Crippen LogP contribution in [0.5, 0.6) is 0 Å². The van der Waals surface area contributed by atoms with E-state index in [0.717, 1.165) is 48.0 Å². The Bertz CT molecular complexity index is 1630. The second-order valence-electron chi connectivity index (χ2n) is 13.1. The van der Waals surface area contributed by atoms with Gasteiger partial charge in [0.15, 0.2) is 17.5 Å². The van der Waals surface area contributed by atoms with Gasteiger partial charge in [0.25, 0.3) is 0 Å². The van der Waals surface area contributed by atoms with Gasteiger partial charge in [-0.3, -0.25) is 9.47 Å². The first kappa shape index (κ1) is 23.9. The van der Waals surface area contributed by atoms with E-state index in [4.69, 9.17) is 11.6 Å². The van der Waals surface area contributed by atoms with Gasteiger partial charge in [0.2, 0.25) is 0 Å². The predicted molar refractivity (Wildman–Crippen MR) is 134 cm³/mol. The molecule has 3 unspecified atom stereocenters. The zero-order valence-electron chi connectivity index (χ0n) is 21.3. The summed E-state index contributed by atoms with van der Waals surface area (Å²) in [7, 11) is 0. The number of aromatic nitrogens is 4. The minimum Gasteiger partial charge on any atom is -0.353 e. The van der Waals surface area contributed by atoms with E-state index in [1.807, 2.05) is 23.1 Å². The molecular weight excluding hydrogens is 551 g/mol. The Kier molecular flexibility index (Phi) is 4.16. The molecule has 2 spiro atoms. The Hall–Kier alpha value is -2.79. The van der Waals surface area contributed by atoms with E-state index in [-0.39, 0.29) is 30.0 Å². The first-order valence-corrected chi connectivity index (χ1v) is 14.0. The molecule has 12 heteroatoms. The van der Waals surface area contributed by atoms with Crippen molar-refractivity contribution in [3.63, 3.8) is 0 Å². The van der Waals surface area contributed by atoms with Crippen LogP contribution in [-0.2, 0) is 13.1 Å². The number of hydrogen-bond donors (Lipinski definition) is 0. The maximum Gasteiger partial charge on any atom is 0.395 e. The average Bonchev–Trinajstić information content (AvgIpc) is 3.52. The fraction of sp³-hybridized carbons (Fsp3) is 0.536. The van der Waals surface area contributed by atoms with E-state index in [1.165, 1.54) is 0 Å². The highest BCUT2D eigenvalue weighted by Gasteiger charge is 3.03. The van der Waals surface area contributed by atoms with Crippen LogP contribution in [0.3, 0.4) is 0 Å². The predicted octanol–water partition coefficient (Wildman–Crippen LogP) is 5.78. The molecule has 6 nitrogen and oxygen atoms in total. The second-order valence-corrected chi connectivity index (χ2v) is 13.5. The smallest absolute Gasteiger partial charge is 0.353 e. The van der Waals surface area contributed by atoms with Gasteiger partial charge in [0.05, 0.1) is 23.8 Å². The van der Waals surface area contributed by atoms with Gasteiger partial charge in [-0.1, -0.05) is 11.6 Å². The fourth-order valence-electron chi connectivity index (χ4n) is 9.19. The number of benzene rings is 1. The quantitative estimate of drug-likeness (QED) is 0.371. The van der Waals surface area contributed by atoms with E-state index in [0.29, 0.717) is 37.6 Å². The molecule has 6 aliphatic rings. The van der Waals surface area contributed by atoms with Crippen LogP contribution < -0.4 is 4.90 Å². The number of fused-ring (bicyclic) bond motifs is 3. The van der Waals surface area contributed by atoms with Crippen LogP contribution in [0.25, 0.3) is 5.69 Å². The highest BCUT2D eigenvalue weighted by Crippen LogP contribution is 3.00. The Morgan fingerprint density at radius 2 is 1.77 bits per heavy atom. The van der Waals surface area contributed by atoms with Crippen LogP contribution in [0.2, 0.25) is 5.02 Å². The number of anilines is 1. The van der Waals surface area contributed by atoms with E-state index in [9.17, 15) is 22.0 Å². The highest BCUT2D eigenvalue weighted by molar-refractivity contribution is 6.30. The third-order valence-electron chi connectivity index (χ3n) is 11.1. The Labute approximate surface area is 231 Å². The van der Waals surface area contributed by atoms with Crippen LogP contribution in [0, 0.1) is 27.9 Å². The minimum absolute atomic E-state index is 0.0251. The van der Waals surface area contributed by atoms with Gasteiger partial charge in [-0.2, -0.15) is 13.2 Å². The van der Waals surface area contributed by atoms with Gasteiger partial charge in [-0.05, 0) is 55.9 Å². The first-order chi connectivity index (χ1) is 19.0. The van der Waals surface area contributed by atoms with Crippen LogP contribution in [-0.4, -0.2) is 49.5 Å². The molecule has 4 saturated carbocycles. The topological polar surface area (TPSA) is 50.1 Å². The van der Waals surface area contributed by atoms with E-state index in [2.05, 4.69) is 24.6 Å². The van der Waals surface area contributed by atoms with Crippen molar-refractivity contribution in [3.8, 4) is 5.69 Å². The number of hydrogen-bond acceptors (Lipinski definition) is 5. The lowest BCUT2D eigenvalue weighted by atomic mass is 9.57. The number of nitrogens with zero attached hydrogens (tertiary/aromatic N) is 6. The van der Waals surface area contributed by atoms with Gasteiger partial charge in [0.1, 0.15) is 11.6 Å². The molecule has 0 bridgehead atoms. The Balaban J connectivity index is 0.989. The zero-order chi connectivity index (χ0) is 27.4. The maximum absolute atomic E-state index is 14.2. The molecule has 1 saturated heterocycles. The fourth-order valence-corrected chi connectivity index (χ4v) is 9.39. The second kappa shape index (κ2) is 6.98. The van der Waals surface area contributed by atoms with Gasteiger partial charge in [-0.25, -0.2) is 13.8 Å². The van der Waals surface area contributed by atoms with Crippen molar-refractivity contribution in [2.45, 2.75) is 62.8 Å². The summed E-state index contributed by atoms with van der Waals surface area (Å²) in [6.45, 7) is 2.25. The molecule has 3 aromatic rings. The number of alkyl halides is 3. The standard InChI is InChI=1S/C28H24ClF5N6/c29-17-1-2-20-15(3-17)8-39(27-11-25(27)10-26(25,12-27)28(32,33)34)9-21-36-37-22(40(20)21)16-5-24(6-16)13-38(14-24)23-19(31)4-18(30)7-35-23/h1-4,7,16H,5-6,8-14H2. The molecule has 5 fully saturated rings. The summed E-state index contributed by atoms with van der Waals surface area (Å²) in [4.78, 5) is 7.97. The van der Waals surface area contributed by atoms with Gasteiger partial charge >= 0.3 is 6.18 Å². The Morgan fingerprint density at radius 1 is 0.975 bits per heavy atom. The minimum atomic E-state index is -4.15. The summed E-state index contributed by atoms with van der Waals surface area (Å²) in [5.41, 5.74) is -0.634. The lowest BCUT2D eigenvalue weighted by Crippen LogP contribution is -2.62. The van der Waals surface area contributed by atoms with Crippen molar-refractivity contribution < 1.29 is 22.0 Å². The van der Waals surface area contributed by atoms with Crippen LogP contribution >= 0.6 is 11.6 Å². The first-order valence-electron chi connectivity index (χ1n) is 13.6. The van der Waals surface area contributed by atoms with Crippen molar-refractivity contribution in [2.75, 3.05) is 18.0 Å². The van der Waals surface area contributed by atoms with Gasteiger partial charge in [-0.15, -0.1) is 10.2 Å².